The number of piperazine rings is 1. The van der Waals surface area contributed by atoms with E-state index in [4.69, 9.17) is 0 Å². The Balaban J connectivity index is 1.87. The number of carbonyl (C=O) groups excluding carboxylic acids is 3. The average Bonchev–Trinajstić information content (AvgIpc) is 2.57. The quantitative estimate of drug-likeness (QED) is 0.653. The zero-order chi connectivity index (χ0) is 14.0. The highest BCUT2D eigenvalue weighted by Gasteiger charge is 2.44. The van der Waals surface area contributed by atoms with Crippen LogP contribution in [0.15, 0.2) is 0 Å². The summed E-state index contributed by atoms with van der Waals surface area (Å²) in [4.78, 5) is 38.4. The van der Waals surface area contributed by atoms with Crippen LogP contribution in [0.1, 0.15) is 20.3 Å². The maximum atomic E-state index is 12.0. The van der Waals surface area contributed by atoms with Crippen LogP contribution in [0.2, 0.25) is 0 Å². The molecule has 0 aromatic carbocycles. The highest BCUT2D eigenvalue weighted by atomic mass is 16.2. The fourth-order valence-corrected chi connectivity index (χ4v) is 2.30. The molecular weight excluding hydrogens is 248 g/mol. The van der Waals surface area contributed by atoms with Gasteiger partial charge in [-0.2, -0.15) is 0 Å². The van der Waals surface area contributed by atoms with Gasteiger partial charge in [-0.1, -0.05) is 0 Å². The van der Waals surface area contributed by atoms with Crippen LogP contribution in [0, 0.1) is 0 Å². The second-order valence-corrected chi connectivity index (χ2v) is 5.39. The minimum atomic E-state index is -0.866. The van der Waals surface area contributed by atoms with E-state index < -0.39 is 11.6 Å². The van der Waals surface area contributed by atoms with Gasteiger partial charge in [-0.3, -0.25) is 14.5 Å². The lowest BCUT2D eigenvalue weighted by Crippen LogP contribution is -2.47. The number of rotatable bonds is 3. The first-order valence-electron chi connectivity index (χ1n) is 6.54. The number of nitrogens with one attached hydrogen (secondary N) is 2. The van der Waals surface area contributed by atoms with Crippen LogP contribution in [0.3, 0.4) is 0 Å². The molecule has 0 spiro atoms. The smallest absolute Gasteiger partial charge is 0.325 e. The van der Waals surface area contributed by atoms with Crippen molar-refractivity contribution in [2.24, 2.45) is 0 Å². The SMILES string of the molecule is CC1(C)NC(=O)N(CCC(=O)N2CCNCC2)C1=O. The second kappa shape index (κ2) is 5.16. The fraction of sp³-hybridized carbons (Fsp3) is 0.750. The van der Waals surface area contributed by atoms with Crippen LogP contribution in [0.5, 0.6) is 0 Å². The van der Waals surface area contributed by atoms with E-state index in [1.54, 1.807) is 18.7 Å². The highest BCUT2D eigenvalue weighted by Crippen LogP contribution is 2.16. The van der Waals surface area contributed by atoms with Gasteiger partial charge in [0.15, 0.2) is 0 Å². The Morgan fingerprint density at radius 2 is 1.89 bits per heavy atom. The number of hydrogen-bond acceptors (Lipinski definition) is 4. The van der Waals surface area contributed by atoms with Crippen molar-refractivity contribution in [1.29, 1.82) is 0 Å². The van der Waals surface area contributed by atoms with Crippen molar-refractivity contribution in [1.82, 2.24) is 20.4 Å². The van der Waals surface area contributed by atoms with Crippen LogP contribution in [0.4, 0.5) is 4.79 Å². The van der Waals surface area contributed by atoms with Gasteiger partial charge >= 0.3 is 6.03 Å². The molecule has 2 rings (SSSR count). The predicted octanol–water partition coefficient (Wildman–Crippen LogP) is -0.861. The van der Waals surface area contributed by atoms with Gasteiger partial charge in [-0.15, -0.1) is 0 Å². The lowest BCUT2D eigenvalue weighted by molar-refractivity contribution is -0.133. The normalized spacial score (nSPS) is 22.6. The molecule has 0 bridgehead atoms. The van der Waals surface area contributed by atoms with E-state index in [1.807, 2.05) is 0 Å². The molecular formula is C12H20N4O3. The summed E-state index contributed by atoms with van der Waals surface area (Å²) in [6.07, 6.45) is 0.190. The number of carbonyl (C=O) groups is 3. The molecule has 2 fully saturated rings. The Kier molecular flexibility index (Phi) is 3.75. The van der Waals surface area contributed by atoms with E-state index in [-0.39, 0.29) is 24.8 Å². The van der Waals surface area contributed by atoms with Crippen molar-refractivity contribution in [3.8, 4) is 0 Å². The van der Waals surface area contributed by atoms with Crippen molar-refractivity contribution in [2.75, 3.05) is 32.7 Å². The largest absolute Gasteiger partial charge is 0.340 e. The van der Waals surface area contributed by atoms with Gasteiger partial charge in [0.2, 0.25) is 5.91 Å². The molecule has 2 aliphatic heterocycles. The summed E-state index contributed by atoms with van der Waals surface area (Å²) in [6, 6.07) is -0.414. The van der Waals surface area contributed by atoms with Crippen LogP contribution in [-0.4, -0.2) is 65.9 Å². The Morgan fingerprint density at radius 3 is 2.42 bits per heavy atom. The third-order valence-corrected chi connectivity index (χ3v) is 3.46. The molecule has 0 aromatic rings. The molecule has 0 aromatic heterocycles. The first kappa shape index (κ1) is 13.8. The molecule has 19 heavy (non-hydrogen) atoms. The summed E-state index contributed by atoms with van der Waals surface area (Å²) in [5.74, 6) is -0.280. The van der Waals surface area contributed by atoms with Crippen molar-refractivity contribution in [3.05, 3.63) is 0 Å². The summed E-state index contributed by atoms with van der Waals surface area (Å²) in [5, 5.41) is 5.77. The van der Waals surface area contributed by atoms with E-state index >= 15 is 0 Å². The summed E-state index contributed by atoms with van der Waals surface area (Å²) in [6.45, 7) is 6.42. The number of urea groups is 1. The van der Waals surface area contributed by atoms with Gasteiger partial charge in [0.25, 0.3) is 5.91 Å². The zero-order valence-corrected chi connectivity index (χ0v) is 11.4. The van der Waals surface area contributed by atoms with Crippen molar-refractivity contribution in [2.45, 2.75) is 25.8 Å². The molecule has 4 amide bonds. The Morgan fingerprint density at radius 1 is 1.26 bits per heavy atom. The lowest BCUT2D eigenvalue weighted by Gasteiger charge is -2.28. The first-order valence-corrected chi connectivity index (χ1v) is 6.54. The zero-order valence-electron chi connectivity index (χ0n) is 11.4. The van der Waals surface area contributed by atoms with Crippen LogP contribution >= 0.6 is 0 Å². The highest BCUT2D eigenvalue weighted by molar-refractivity contribution is 6.06. The summed E-state index contributed by atoms with van der Waals surface area (Å²) in [7, 11) is 0. The van der Waals surface area contributed by atoms with Gasteiger partial charge in [0.1, 0.15) is 5.54 Å². The molecule has 7 nitrogen and oxygen atoms in total. The monoisotopic (exact) mass is 268 g/mol. The van der Waals surface area contributed by atoms with Crippen molar-refractivity contribution in [3.63, 3.8) is 0 Å². The molecule has 0 saturated carbocycles. The number of nitrogens with zero attached hydrogens (tertiary/aromatic N) is 2. The lowest BCUT2D eigenvalue weighted by atomic mass is 10.1. The molecule has 106 valence electrons. The summed E-state index contributed by atoms with van der Waals surface area (Å²) >= 11 is 0. The minimum absolute atomic E-state index is 0.00759. The first-order chi connectivity index (χ1) is 8.92. The maximum Gasteiger partial charge on any atom is 0.325 e. The maximum absolute atomic E-state index is 12.0. The minimum Gasteiger partial charge on any atom is -0.340 e. The standard InChI is InChI=1S/C12H20N4O3/c1-12(2)10(18)16(11(19)14-12)6-3-9(17)15-7-4-13-5-8-15/h13H,3-8H2,1-2H3,(H,14,19). The van der Waals surface area contributed by atoms with Gasteiger partial charge in [0.05, 0.1) is 0 Å². The molecule has 0 radical (unpaired) electrons. The van der Waals surface area contributed by atoms with Crippen LogP contribution in [0.25, 0.3) is 0 Å². The molecule has 0 atom stereocenters. The molecule has 2 saturated heterocycles. The molecule has 0 unspecified atom stereocenters. The van der Waals surface area contributed by atoms with E-state index in [1.165, 1.54) is 0 Å². The van der Waals surface area contributed by atoms with Gasteiger partial charge in [0, 0.05) is 39.1 Å². The number of imide groups is 1. The predicted molar refractivity (Wildman–Crippen MR) is 68.4 cm³/mol. The second-order valence-electron chi connectivity index (χ2n) is 5.39. The topological polar surface area (TPSA) is 81.8 Å². The third-order valence-electron chi connectivity index (χ3n) is 3.46. The van der Waals surface area contributed by atoms with E-state index in [0.29, 0.717) is 13.1 Å². The number of amides is 4. The third kappa shape index (κ3) is 2.86. The molecule has 2 N–H and O–H groups in total. The van der Waals surface area contributed by atoms with Crippen molar-refractivity contribution < 1.29 is 14.4 Å². The number of hydrogen-bond donors (Lipinski definition) is 2. The van der Waals surface area contributed by atoms with E-state index in [9.17, 15) is 14.4 Å². The van der Waals surface area contributed by atoms with Crippen LogP contribution in [-0.2, 0) is 9.59 Å². The van der Waals surface area contributed by atoms with Gasteiger partial charge in [-0.25, -0.2) is 4.79 Å². The van der Waals surface area contributed by atoms with Crippen LogP contribution < -0.4 is 10.6 Å². The summed E-state index contributed by atoms with van der Waals surface area (Å²) < 4.78 is 0. The molecule has 2 aliphatic rings. The molecule has 7 heteroatoms. The Labute approximate surface area is 112 Å². The van der Waals surface area contributed by atoms with Gasteiger partial charge in [-0.05, 0) is 13.8 Å². The Bertz CT molecular complexity index is 402. The molecule has 2 heterocycles. The Hall–Kier alpha value is -1.63. The van der Waals surface area contributed by atoms with E-state index in [2.05, 4.69) is 10.6 Å². The average molecular weight is 268 g/mol. The molecule has 0 aliphatic carbocycles. The van der Waals surface area contributed by atoms with Crippen molar-refractivity contribution >= 4 is 17.8 Å². The fourth-order valence-electron chi connectivity index (χ4n) is 2.30. The van der Waals surface area contributed by atoms with Gasteiger partial charge < -0.3 is 15.5 Å². The summed E-state index contributed by atoms with van der Waals surface area (Å²) in [5.41, 5.74) is -0.866. The van der Waals surface area contributed by atoms with E-state index in [0.717, 1.165) is 18.0 Å².